The third-order valence-corrected chi connectivity index (χ3v) is 4.46. The predicted molar refractivity (Wildman–Crippen MR) is 100 cm³/mol. The summed E-state index contributed by atoms with van der Waals surface area (Å²) in [7, 11) is 1.53. The zero-order chi connectivity index (χ0) is 18.5. The van der Waals surface area contributed by atoms with Gasteiger partial charge in [-0.25, -0.2) is 0 Å². The molecule has 2 aliphatic rings. The van der Waals surface area contributed by atoms with Crippen LogP contribution in [-0.4, -0.2) is 54.9 Å². The fourth-order valence-electron chi connectivity index (χ4n) is 3.21. The third-order valence-electron chi connectivity index (χ3n) is 4.46. The van der Waals surface area contributed by atoms with E-state index in [0.29, 0.717) is 24.6 Å². The van der Waals surface area contributed by atoms with Crippen LogP contribution in [0.15, 0.2) is 40.2 Å². The van der Waals surface area contributed by atoms with Crippen LogP contribution >= 0.6 is 0 Å². The lowest BCUT2D eigenvalue weighted by molar-refractivity contribution is 0.0787. The summed E-state index contributed by atoms with van der Waals surface area (Å²) in [5.74, 6) is 1.54. The summed E-state index contributed by atoms with van der Waals surface area (Å²) >= 11 is 0. The van der Waals surface area contributed by atoms with Crippen LogP contribution in [0.3, 0.4) is 0 Å². The number of likely N-dealkylation sites (tertiary alicyclic amines) is 1. The molecule has 8 heteroatoms. The van der Waals surface area contributed by atoms with Crippen molar-refractivity contribution in [3.05, 3.63) is 35.7 Å². The Morgan fingerprint density at radius 3 is 2.77 bits per heavy atom. The van der Waals surface area contributed by atoms with E-state index < -0.39 is 0 Å². The smallest absolute Gasteiger partial charge is 0.270 e. The molecule has 1 aromatic rings. The molecule has 0 aromatic carbocycles. The van der Waals surface area contributed by atoms with E-state index >= 15 is 0 Å². The Kier molecular flexibility index (Phi) is 5.50. The Balaban J connectivity index is 1.83. The van der Waals surface area contributed by atoms with Crippen molar-refractivity contribution in [3.63, 3.8) is 0 Å². The van der Waals surface area contributed by atoms with Gasteiger partial charge < -0.3 is 19.5 Å². The van der Waals surface area contributed by atoms with E-state index in [1.807, 2.05) is 28.9 Å². The number of carbonyl (C=O) groups excluding carboxylic acids is 1. The normalized spacial score (nSPS) is 17.8. The van der Waals surface area contributed by atoms with Gasteiger partial charge in [0.05, 0.1) is 6.54 Å². The van der Waals surface area contributed by atoms with Gasteiger partial charge in [-0.3, -0.25) is 10.2 Å². The maximum atomic E-state index is 12.6. The largest absolute Gasteiger partial charge is 0.488 e. The highest BCUT2D eigenvalue weighted by atomic mass is 16.5. The number of fused-ring (bicyclic) bond motifs is 1. The lowest BCUT2D eigenvalue weighted by Crippen LogP contribution is -2.31. The molecule has 1 amide bonds. The number of amides is 1. The topological polar surface area (TPSA) is 97.1 Å². The fraction of sp³-hybridized carbons (Fsp3) is 0.444. The first kappa shape index (κ1) is 17.9. The average molecular weight is 356 g/mol. The second-order valence-corrected chi connectivity index (χ2v) is 6.13. The number of hydrogen-bond acceptors (Lipinski definition) is 5. The number of azo groups is 1. The number of rotatable bonds is 4. The molecule has 8 nitrogen and oxygen atoms in total. The molecule has 1 saturated heterocycles. The Morgan fingerprint density at radius 1 is 1.31 bits per heavy atom. The van der Waals surface area contributed by atoms with Gasteiger partial charge in [-0.05, 0) is 31.9 Å². The molecule has 0 unspecified atom stereocenters. The number of hydrogen-bond donors (Lipinski definition) is 2. The van der Waals surface area contributed by atoms with Crippen molar-refractivity contribution in [2.75, 3.05) is 38.2 Å². The molecule has 3 rings (SSSR count). The molecule has 1 fully saturated rings. The summed E-state index contributed by atoms with van der Waals surface area (Å²) in [6.07, 6.45) is 7.48. The molecule has 0 bridgehead atoms. The first-order valence-electron chi connectivity index (χ1n) is 8.79. The Morgan fingerprint density at radius 2 is 2.08 bits per heavy atom. The van der Waals surface area contributed by atoms with Crippen LogP contribution in [-0.2, 0) is 0 Å². The van der Waals surface area contributed by atoms with Crippen LogP contribution in [0, 0.1) is 5.41 Å². The van der Waals surface area contributed by atoms with Crippen LogP contribution in [0.5, 0.6) is 5.75 Å². The molecular formula is C18H24N6O2. The van der Waals surface area contributed by atoms with E-state index in [0.717, 1.165) is 37.4 Å². The lowest BCUT2D eigenvalue weighted by atomic mass is 10.2. The SMILES string of the molecule is C/C=C(\C=C/C(=N)N=NC)N1CCOc2cc(C(=O)N3CCCC3)[nH]c21. The molecule has 0 atom stereocenters. The summed E-state index contributed by atoms with van der Waals surface area (Å²) < 4.78 is 5.74. The van der Waals surface area contributed by atoms with Crippen LogP contribution in [0.4, 0.5) is 5.82 Å². The number of ether oxygens (including phenoxy) is 1. The molecule has 0 saturated carbocycles. The number of H-pyrrole nitrogens is 1. The number of allylic oxidation sites excluding steroid dienone is 2. The number of aromatic amines is 1. The van der Waals surface area contributed by atoms with E-state index in [4.69, 9.17) is 10.1 Å². The molecule has 0 spiro atoms. The summed E-state index contributed by atoms with van der Waals surface area (Å²) in [6, 6.07) is 1.78. The van der Waals surface area contributed by atoms with Crippen LogP contribution in [0.2, 0.25) is 0 Å². The van der Waals surface area contributed by atoms with Crippen molar-refractivity contribution in [2.45, 2.75) is 19.8 Å². The molecule has 138 valence electrons. The monoisotopic (exact) mass is 356 g/mol. The summed E-state index contributed by atoms with van der Waals surface area (Å²) in [5.41, 5.74) is 1.45. The highest BCUT2D eigenvalue weighted by Gasteiger charge is 2.27. The minimum Gasteiger partial charge on any atom is -0.488 e. The van der Waals surface area contributed by atoms with E-state index in [-0.39, 0.29) is 11.7 Å². The van der Waals surface area contributed by atoms with Crippen LogP contribution < -0.4 is 9.64 Å². The van der Waals surface area contributed by atoms with Gasteiger partial charge in [0.25, 0.3) is 5.91 Å². The molecule has 1 aromatic heterocycles. The second kappa shape index (κ2) is 7.99. The first-order chi connectivity index (χ1) is 12.6. The number of nitrogens with zero attached hydrogens (tertiary/aromatic N) is 4. The minimum atomic E-state index is 0.0168. The van der Waals surface area contributed by atoms with Crippen molar-refractivity contribution in [1.29, 1.82) is 5.41 Å². The zero-order valence-electron chi connectivity index (χ0n) is 15.2. The van der Waals surface area contributed by atoms with Gasteiger partial charge in [0, 0.05) is 31.9 Å². The van der Waals surface area contributed by atoms with E-state index in [9.17, 15) is 4.79 Å². The van der Waals surface area contributed by atoms with E-state index in [2.05, 4.69) is 15.2 Å². The van der Waals surface area contributed by atoms with Crippen LogP contribution in [0.1, 0.15) is 30.3 Å². The van der Waals surface area contributed by atoms with E-state index in [1.165, 1.54) is 7.05 Å². The maximum absolute atomic E-state index is 12.6. The highest BCUT2D eigenvalue weighted by molar-refractivity contribution is 5.94. The Bertz CT molecular complexity index is 771. The van der Waals surface area contributed by atoms with Crippen LogP contribution in [0.25, 0.3) is 0 Å². The number of aromatic nitrogens is 1. The standard InChI is InChI=1S/C18H24N6O2/c1-3-13(6-7-16(19)22-20-2)24-10-11-26-15-12-14(21-17(15)24)18(25)23-8-4-5-9-23/h3,6-7,12,19,21H,4-5,8-11H2,1-2H3/b7-6-,13-3+,19-16?,22-20?. The molecule has 0 aliphatic carbocycles. The van der Waals surface area contributed by atoms with Gasteiger partial charge in [-0.15, -0.1) is 5.11 Å². The molecule has 3 heterocycles. The summed E-state index contributed by atoms with van der Waals surface area (Å²) in [4.78, 5) is 19.8. The molecule has 2 aliphatic heterocycles. The van der Waals surface area contributed by atoms with Crippen molar-refractivity contribution in [3.8, 4) is 5.75 Å². The number of anilines is 1. The fourth-order valence-corrected chi connectivity index (χ4v) is 3.21. The highest BCUT2D eigenvalue weighted by Crippen LogP contribution is 2.35. The summed E-state index contributed by atoms with van der Waals surface area (Å²) in [5, 5.41) is 15.0. The Labute approximate surface area is 152 Å². The number of amidine groups is 1. The van der Waals surface area contributed by atoms with Crippen molar-refractivity contribution >= 4 is 17.6 Å². The third kappa shape index (κ3) is 3.68. The van der Waals surface area contributed by atoms with Gasteiger partial charge in [-0.1, -0.05) is 6.08 Å². The number of nitrogens with one attached hydrogen (secondary N) is 2. The average Bonchev–Trinajstić information content (AvgIpc) is 3.32. The maximum Gasteiger partial charge on any atom is 0.270 e. The van der Waals surface area contributed by atoms with Crippen molar-refractivity contribution < 1.29 is 9.53 Å². The molecule has 0 radical (unpaired) electrons. The van der Waals surface area contributed by atoms with Gasteiger partial charge in [0.1, 0.15) is 12.3 Å². The minimum absolute atomic E-state index is 0.0168. The second-order valence-electron chi connectivity index (χ2n) is 6.13. The first-order valence-corrected chi connectivity index (χ1v) is 8.79. The van der Waals surface area contributed by atoms with Gasteiger partial charge in [-0.2, -0.15) is 5.11 Å². The van der Waals surface area contributed by atoms with E-state index in [1.54, 1.807) is 12.1 Å². The molecule has 2 N–H and O–H groups in total. The lowest BCUT2D eigenvalue weighted by Gasteiger charge is -2.29. The van der Waals surface area contributed by atoms with Crippen molar-refractivity contribution in [1.82, 2.24) is 9.88 Å². The molecule has 26 heavy (non-hydrogen) atoms. The summed E-state index contributed by atoms with van der Waals surface area (Å²) in [6.45, 7) is 4.73. The van der Waals surface area contributed by atoms with Crippen molar-refractivity contribution in [2.24, 2.45) is 10.2 Å². The number of carbonyl (C=O) groups is 1. The van der Waals surface area contributed by atoms with Gasteiger partial charge >= 0.3 is 0 Å². The van der Waals surface area contributed by atoms with Gasteiger partial charge in [0.2, 0.25) is 0 Å². The van der Waals surface area contributed by atoms with Gasteiger partial charge in [0.15, 0.2) is 17.4 Å². The quantitative estimate of drug-likeness (QED) is 0.376. The Hall–Kier alpha value is -2.90. The molecular weight excluding hydrogens is 332 g/mol. The predicted octanol–water partition coefficient (Wildman–Crippen LogP) is 2.97. The zero-order valence-corrected chi connectivity index (χ0v) is 15.2.